The number of pyridine rings is 1. The van der Waals surface area contributed by atoms with Gasteiger partial charge in [-0.05, 0) is 31.5 Å². The van der Waals surface area contributed by atoms with Gasteiger partial charge in [0.25, 0.3) is 0 Å². The lowest BCUT2D eigenvalue weighted by molar-refractivity contribution is 0.0693. The molecule has 1 aliphatic heterocycles. The molecule has 5 nitrogen and oxygen atoms in total. The van der Waals surface area contributed by atoms with Crippen molar-refractivity contribution in [2.45, 2.75) is 25.2 Å². The molecular formula is C14H16ClN3O2. The quantitative estimate of drug-likeness (QED) is 0.893. The molecule has 106 valence electrons. The average Bonchev–Trinajstić information content (AvgIpc) is 2.60. The van der Waals surface area contributed by atoms with E-state index in [1.165, 1.54) is 0 Å². The second-order valence-corrected chi connectivity index (χ2v) is 5.56. The van der Waals surface area contributed by atoms with Gasteiger partial charge in [0.15, 0.2) is 5.69 Å². The minimum atomic E-state index is -1.02. The predicted molar refractivity (Wildman–Crippen MR) is 76.6 cm³/mol. The zero-order valence-corrected chi connectivity index (χ0v) is 11.7. The molecule has 3 rings (SSSR count). The molecule has 0 aliphatic carbocycles. The number of aromatic nitrogens is 2. The van der Waals surface area contributed by atoms with Crippen molar-refractivity contribution >= 4 is 23.1 Å². The van der Waals surface area contributed by atoms with Crippen molar-refractivity contribution in [3.8, 4) is 0 Å². The fourth-order valence-corrected chi connectivity index (χ4v) is 2.93. The maximum absolute atomic E-state index is 11.4. The Kier molecular flexibility index (Phi) is 3.63. The van der Waals surface area contributed by atoms with Crippen LogP contribution in [0.15, 0.2) is 18.3 Å². The molecule has 1 unspecified atom stereocenters. The fraction of sp³-hybridized carbons (Fsp3) is 0.429. The number of aromatic carboxylic acids is 1. The van der Waals surface area contributed by atoms with Gasteiger partial charge in [-0.3, -0.25) is 0 Å². The molecule has 0 amide bonds. The van der Waals surface area contributed by atoms with Gasteiger partial charge in [-0.25, -0.2) is 9.78 Å². The van der Waals surface area contributed by atoms with Gasteiger partial charge in [0.2, 0.25) is 0 Å². The Morgan fingerprint density at radius 3 is 3.15 bits per heavy atom. The van der Waals surface area contributed by atoms with Crippen molar-refractivity contribution in [3.63, 3.8) is 0 Å². The molecule has 0 radical (unpaired) electrons. The van der Waals surface area contributed by atoms with E-state index in [-0.39, 0.29) is 11.6 Å². The number of nitrogens with zero attached hydrogens (tertiary/aromatic N) is 2. The van der Waals surface area contributed by atoms with E-state index in [0.29, 0.717) is 10.5 Å². The van der Waals surface area contributed by atoms with Crippen molar-refractivity contribution < 1.29 is 9.90 Å². The van der Waals surface area contributed by atoms with Crippen LogP contribution in [0, 0.1) is 0 Å². The van der Waals surface area contributed by atoms with Crippen LogP contribution in [0.5, 0.6) is 0 Å². The van der Waals surface area contributed by atoms with Crippen molar-refractivity contribution in [1.82, 2.24) is 14.7 Å². The molecule has 2 aromatic rings. The van der Waals surface area contributed by atoms with Gasteiger partial charge in [-0.1, -0.05) is 18.0 Å². The highest BCUT2D eigenvalue weighted by Crippen LogP contribution is 2.26. The van der Waals surface area contributed by atoms with E-state index in [1.807, 2.05) is 4.40 Å². The Morgan fingerprint density at radius 2 is 2.35 bits per heavy atom. The highest BCUT2D eigenvalue weighted by Gasteiger charge is 2.23. The van der Waals surface area contributed by atoms with Gasteiger partial charge < -0.3 is 14.8 Å². The summed E-state index contributed by atoms with van der Waals surface area (Å²) in [6.45, 7) is 1.85. The fourth-order valence-electron chi connectivity index (χ4n) is 2.77. The van der Waals surface area contributed by atoms with Gasteiger partial charge in [-0.15, -0.1) is 0 Å². The van der Waals surface area contributed by atoms with Crippen LogP contribution in [-0.2, 0) is 0 Å². The number of rotatable bonds is 2. The molecule has 1 atom stereocenters. The maximum atomic E-state index is 11.4. The lowest BCUT2D eigenvalue weighted by atomic mass is 10.0. The molecule has 1 fully saturated rings. The molecule has 1 aliphatic rings. The summed E-state index contributed by atoms with van der Waals surface area (Å²) in [4.78, 5) is 15.7. The van der Waals surface area contributed by atoms with E-state index in [1.54, 1.807) is 18.3 Å². The van der Waals surface area contributed by atoms with E-state index in [2.05, 4.69) is 10.3 Å². The number of carboxylic acid groups (broad SMARTS) is 1. The Balaban J connectivity index is 2.12. The van der Waals surface area contributed by atoms with E-state index in [0.717, 1.165) is 38.2 Å². The topological polar surface area (TPSA) is 66.6 Å². The molecule has 6 heteroatoms. The minimum absolute atomic E-state index is 0.0757. The smallest absolute Gasteiger partial charge is 0.356 e. The van der Waals surface area contributed by atoms with Crippen LogP contribution in [0.2, 0.25) is 5.02 Å². The predicted octanol–water partition coefficient (Wildman–Crippen LogP) is 2.54. The van der Waals surface area contributed by atoms with Gasteiger partial charge in [0.05, 0.1) is 5.52 Å². The summed E-state index contributed by atoms with van der Waals surface area (Å²) >= 11 is 5.97. The third-order valence-electron chi connectivity index (χ3n) is 3.75. The number of carbonyl (C=O) groups is 1. The summed E-state index contributed by atoms with van der Waals surface area (Å²) in [5.74, 6) is 0.0281. The Labute approximate surface area is 121 Å². The normalized spacial score (nSPS) is 19.9. The number of hydrogen-bond donors (Lipinski definition) is 2. The molecule has 0 bridgehead atoms. The molecular weight excluding hydrogens is 278 g/mol. The highest BCUT2D eigenvalue weighted by atomic mass is 35.5. The SMILES string of the molecule is O=C(O)c1nc(C2CCCCNC2)n2ccc(Cl)cc12. The number of carboxylic acids is 1. The van der Waals surface area contributed by atoms with Crippen LogP contribution in [0.3, 0.4) is 0 Å². The first-order valence-electron chi connectivity index (χ1n) is 6.78. The number of hydrogen-bond acceptors (Lipinski definition) is 3. The second-order valence-electron chi connectivity index (χ2n) is 5.12. The zero-order valence-electron chi connectivity index (χ0n) is 11.0. The molecule has 0 saturated carbocycles. The van der Waals surface area contributed by atoms with Crippen LogP contribution in [0.4, 0.5) is 0 Å². The van der Waals surface area contributed by atoms with Crippen LogP contribution in [0.25, 0.3) is 5.52 Å². The molecule has 0 aromatic carbocycles. The molecule has 20 heavy (non-hydrogen) atoms. The molecule has 1 saturated heterocycles. The van der Waals surface area contributed by atoms with Crippen LogP contribution in [-0.4, -0.2) is 33.6 Å². The molecule has 2 aromatic heterocycles. The first-order valence-corrected chi connectivity index (χ1v) is 7.16. The van der Waals surface area contributed by atoms with E-state index in [4.69, 9.17) is 11.6 Å². The highest BCUT2D eigenvalue weighted by molar-refractivity contribution is 6.31. The summed E-state index contributed by atoms with van der Waals surface area (Å²) in [5, 5.41) is 13.2. The summed E-state index contributed by atoms with van der Waals surface area (Å²) in [7, 11) is 0. The summed E-state index contributed by atoms with van der Waals surface area (Å²) in [6.07, 6.45) is 5.10. The van der Waals surface area contributed by atoms with Crippen molar-refractivity contribution in [2.75, 3.05) is 13.1 Å². The lowest BCUT2D eigenvalue weighted by Crippen LogP contribution is -2.20. The summed E-state index contributed by atoms with van der Waals surface area (Å²) < 4.78 is 1.85. The zero-order chi connectivity index (χ0) is 14.1. The number of imidazole rings is 1. The molecule has 0 spiro atoms. The van der Waals surface area contributed by atoms with Crippen LogP contribution in [0.1, 0.15) is 41.5 Å². The Hall–Kier alpha value is -1.59. The first kappa shape index (κ1) is 13.4. The molecule has 2 N–H and O–H groups in total. The van der Waals surface area contributed by atoms with Crippen LogP contribution < -0.4 is 5.32 Å². The maximum Gasteiger partial charge on any atom is 0.356 e. The minimum Gasteiger partial charge on any atom is -0.476 e. The largest absolute Gasteiger partial charge is 0.476 e. The van der Waals surface area contributed by atoms with E-state index < -0.39 is 5.97 Å². The Bertz CT molecular complexity index is 645. The number of nitrogens with one attached hydrogen (secondary N) is 1. The average molecular weight is 294 g/mol. The van der Waals surface area contributed by atoms with Crippen molar-refractivity contribution in [1.29, 1.82) is 0 Å². The van der Waals surface area contributed by atoms with Crippen molar-refractivity contribution in [2.24, 2.45) is 0 Å². The van der Waals surface area contributed by atoms with Crippen molar-refractivity contribution in [3.05, 3.63) is 34.9 Å². The first-order chi connectivity index (χ1) is 9.66. The van der Waals surface area contributed by atoms with Crippen LogP contribution >= 0.6 is 11.6 Å². The van der Waals surface area contributed by atoms with E-state index >= 15 is 0 Å². The Morgan fingerprint density at radius 1 is 1.50 bits per heavy atom. The van der Waals surface area contributed by atoms with Gasteiger partial charge in [0.1, 0.15) is 5.82 Å². The third kappa shape index (κ3) is 2.39. The summed E-state index contributed by atoms with van der Waals surface area (Å²) in [5.41, 5.74) is 0.635. The molecule has 3 heterocycles. The van der Waals surface area contributed by atoms with Gasteiger partial charge in [0, 0.05) is 23.7 Å². The van der Waals surface area contributed by atoms with E-state index in [9.17, 15) is 9.90 Å². The third-order valence-corrected chi connectivity index (χ3v) is 3.98. The number of halogens is 1. The second kappa shape index (κ2) is 5.42. The lowest BCUT2D eigenvalue weighted by Gasteiger charge is -2.12. The standard InChI is InChI=1S/C14H16ClN3O2/c15-10-4-6-18-11(7-10)12(14(19)20)17-13(18)9-3-1-2-5-16-8-9/h4,6-7,9,16H,1-3,5,8H2,(H,19,20). The van der Waals surface area contributed by atoms with Gasteiger partial charge in [-0.2, -0.15) is 0 Å². The number of fused-ring (bicyclic) bond motifs is 1. The van der Waals surface area contributed by atoms with Gasteiger partial charge >= 0.3 is 5.97 Å². The monoisotopic (exact) mass is 293 g/mol. The summed E-state index contributed by atoms with van der Waals surface area (Å²) in [6, 6.07) is 3.42.